The summed E-state index contributed by atoms with van der Waals surface area (Å²) in [6.07, 6.45) is 0. The monoisotopic (exact) mass is 536 g/mol. The lowest BCUT2D eigenvalue weighted by molar-refractivity contribution is 0.0697. The Labute approximate surface area is 209 Å². The van der Waals surface area contributed by atoms with Crippen molar-refractivity contribution >= 4 is 21.9 Å². The second kappa shape index (κ2) is 9.99. The number of nitrogens with zero attached hydrogens (tertiary/aromatic N) is 1. The van der Waals surface area contributed by atoms with E-state index >= 15 is 0 Å². The van der Waals surface area contributed by atoms with Crippen LogP contribution in [0.4, 0.5) is 0 Å². The predicted octanol–water partition coefficient (Wildman–Crippen LogP) is 5.05. The van der Waals surface area contributed by atoms with Gasteiger partial charge in [-0.25, -0.2) is 4.79 Å². The Morgan fingerprint density at radius 1 is 1.11 bits per heavy atom. The number of carboxylic acids is 1. The third kappa shape index (κ3) is 4.88. The first kappa shape index (κ1) is 24.0. The summed E-state index contributed by atoms with van der Waals surface area (Å²) < 4.78 is 18.1. The summed E-state index contributed by atoms with van der Waals surface area (Å²) in [5.74, 6) is -0.270. The van der Waals surface area contributed by atoms with Crippen LogP contribution in [0.1, 0.15) is 39.9 Å². The topological polar surface area (TPSA) is 135 Å². The molecule has 0 aliphatic carbocycles. The van der Waals surface area contributed by atoms with E-state index in [0.717, 1.165) is 5.56 Å². The number of aromatic hydroxyl groups is 1. The Bertz CT molecular complexity index is 1360. The minimum atomic E-state index is -0.994. The number of carboxylic acid groups (broad SMARTS) is 1. The molecule has 0 saturated heterocycles. The van der Waals surface area contributed by atoms with Gasteiger partial charge >= 0.3 is 5.97 Å². The summed E-state index contributed by atoms with van der Waals surface area (Å²) in [5.41, 5.74) is 8.65. The molecule has 0 bridgehead atoms. The van der Waals surface area contributed by atoms with Crippen LogP contribution in [-0.4, -0.2) is 22.8 Å². The number of phenolic OH excluding ortho intramolecular Hbond substituents is 1. The van der Waals surface area contributed by atoms with Gasteiger partial charge in [-0.05, 0) is 48.4 Å². The minimum Gasteiger partial charge on any atom is -0.508 e. The molecule has 4 N–H and O–H groups in total. The van der Waals surface area contributed by atoms with Crippen molar-refractivity contribution in [1.29, 1.82) is 5.26 Å². The number of nitriles is 1. The van der Waals surface area contributed by atoms with Crippen LogP contribution in [-0.2, 0) is 6.61 Å². The van der Waals surface area contributed by atoms with E-state index < -0.39 is 11.9 Å². The second-order valence-electron chi connectivity index (χ2n) is 7.69. The van der Waals surface area contributed by atoms with E-state index in [-0.39, 0.29) is 29.4 Å². The molecule has 0 aromatic heterocycles. The molecule has 0 unspecified atom stereocenters. The lowest BCUT2D eigenvalue weighted by atomic mass is 9.83. The van der Waals surface area contributed by atoms with E-state index in [1.807, 2.05) is 6.92 Å². The molecule has 0 fully saturated rings. The Balaban J connectivity index is 1.71. The Morgan fingerprint density at radius 2 is 1.83 bits per heavy atom. The number of benzene rings is 3. The molecular formula is C26H21BrN2O6. The number of nitrogens with two attached hydrogens (primary N) is 1. The number of rotatable bonds is 7. The number of carbonyl (C=O) groups is 1. The smallest absolute Gasteiger partial charge is 0.335 e. The van der Waals surface area contributed by atoms with E-state index in [4.69, 9.17) is 25.1 Å². The van der Waals surface area contributed by atoms with Gasteiger partial charge in [0.2, 0.25) is 5.88 Å². The van der Waals surface area contributed by atoms with Crippen LogP contribution in [0, 0.1) is 11.3 Å². The van der Waals surface area contributed by atoms with Gasteiger partial charge in [-0.15, -0.1) is 0 Å². The zero-order valence-electron chi connectivity index (χ0n) is 18.6. The van der Waals surface area contributed by atoms with Crippen molar-refractivity contribution in [2.75, 3.05) is 6.61 Å². The Hall–Kier alpha value is -4.16. The third-order valence-corrected chi connectivity index (χ3v) is 6.16. The van der Waals surface area contributed by atoms with Gasteiger partial charge in [0.1, 0.15) is 29.7 Å². The van der Waals surface area contributed by atoms with Crippen LogP contribution in [0.5, 0.6) is 23.0 Å². The second-order valence-corrected chi connectivity index (χ2v) is 8.55. The molecule has 3 aromatic carbocycles. The van der Waals surface area contributed by atoms with E-state index in [1.165, 1.54) is 24.3 Å². The number of ether oxygens (including phenoxy) is 3. The highest BCUT2D eigenvalue weighted by Gasteiger charge is 2.33. The quantitative estimate of drug-likeness (QED) is 0.381. The molecule has 0 saturated carbocycles. The predicted molar refractivity (Wildman–Crippen MR) is 130 cm³/mol. The molecule has 1 aliphatic rings. The van der Waals surface area contributed by atoms with Crippen LogP contribution in [0.2, 0.25) is 0 Å². The molecule has 1 atom stereocenters. The van der Waals surface area contributed by atoms with Gasteiger partial charge in [0.05, 0.1) is 18.1 Å². The van der Waals surface area contributed by atoms with Crippen molar-refractivity contribution in [3.8, 4) is 29.1 Å². The van der Waals surface area contributed by atoms with E-state index in [0.29, 0.717) is 39.5 Å². The summed E-state index contributed by atoms with van der Waals surface area (Å²) in [6, 6.07) is 16.8. The third-order valence-electron chi connectivity index (χ3n) is 5.47. The summed E-state index contributed by atoms with van der Waals surface area (Å²) in [6.45, 7) is 2.43. The van der Waals surface area contributed by atoms with Gasteiger partial charge in [-0.1, -0.05) is 34.1 Å². The standard InChI is InChI=1S/C26H21BrN2O6/c1-2-33-22-10-18(24-17-8-7-16(30)9-21(17)35-25(29)19(24)12-28)20(27)11-23(22)34-13-14-3-5-15(6-4-14)26(31)32/h3-11,24,30H,2,13,29H2,1H3,(H,31,32)/t24-/m0/s1. The lowest BCUT2D eigenvalue weighted by Crippen LogP contribution is -2.21. The largest absolute Gasteiger partial charge is 0.508 e. The fourth-order valence-electron chi connectivity index (χ4n) is 3.82. The number of hydrogen-bond acceptors (Lipinski definition) is 7. The Kier molecular flexibility index (Phi) is 6.85. The molecule has 0 amide bonds. The van der Waals surface area contributed by atoms with Crippen LogP contribution in [0.3, 0.4) is 0 Å². The van der Waals surface area contributed by atoms with Gasteiger partial charge in [0, 0.05) is 16.1 Å². The normalized spacial score (nSPS) is 14.5. The van der Waals surface area contributed by atoms with Gasteiger partial charge in [0.25, 0.3) is 0 Å². The molecule has 178 valence electrons. The molecule has 4 rings (SSSR count). The van der Waals surface area contributed by atoms with Crippen molar-refractivity contribution in [3.63, 3.8) is 0 Å². The number of phenols is 1. The number of halogens is 1. The van der Waals surface area contributed by atoms with Crippen molar-refractivity contribution in [1.82, 2.24) is 0 Å². The van der Waals surface area contributed by atoms with Gasteiger partial charge in [0.15, 0.2) is 11.5 Å². The van der Waals surface area contributed by atoms with Crippen molar-refractivity contribution in [3.05, 3.63) is 92.8 Å². The van der Waals surface area contributed by atoms with Crippen molar-refractivity contribution in [2.24, 2.45) is 5.73 Å². The van der Waals surface area contributed by atoms with Crippen molar-refractivity contribution < 1.29 is 29.2 Å². The molecular weight excluding hydrogens is 516 g/mol. The molecule has 0 radical (unpaired) electrons. The first-order chi connectivity index (χ1) is 16.8. The highest BCUT2D eigenvalue weighted by atomic mass is 79.9. The summed E-state index contributed by atoms with van der Waals surface area (Å²) >= 11 is 3.60. The van der Waals surface area contributed by atoms with Crippen molar-refractivity contribution in [2.45, 2.75) is 19.4 Å². The maximum Gasteiger partial charge on any atom is 0.335 e. The molecule has 35 heavy (non-hydrogen) atoms. The van der Waals surface area contributed by atoms with Crippen LogP contribution in [0.15, 0.2) is 70.5 Å². The first-order valence-corrected chi connectivity index (χ1v) is 11.4. The van der Waals surface area contributed by atoms with E-state index in [1.54, 1.807) is 30.3 Å². The molecule has 8 nitrogen and oxygen atoms in total. The minimum absolute atomic E-state index is 0.0184. The van der Waals surface area contributed by atoms with E-state index in [9.17, 15) is 15.2 Å². The first-order valence-electron chi connectivity index (χ1n) is 10.6. The van der Waals surface area contributed by atoms with Crippen LogP contribution >= 0.6 is 15.9 Å². The molecule has 0 spiro atoms. The number of hydrogen-bond donors (Lipinski definition) is 3. The van der Waals surface area contributed by atoms with Crippen LogP contribution in [0.25, 0.3) is 0 Å². The summed E-state index contributed by atoms with van der Waals surface area (Å²) in [7, 11) is 0. The maximum absolute atomic E-state index is 11.1. The molecule has 1 aliphatic heterocycles. The molecule has 9 heteroatoms. The highest BCUT2D eigenvalue weighted by Crippen LogP contribution is 2.47. The van der Waals surface area contributed by atoms with Gasteiger partial charge < -0.3 is 30.2 Å². The maximum atomic E-state index is 11.1. The van der Waals surface area contributed by atoms with Gasteiger partial charge in [-0.2, -0.15) is 5.26 Å². The fraction of sp³-hybridized carbons (Fsp3) is 0.154. The SMILES string of the molecule is CCOc1cc([C@H]2C(C#N)=C(N)Oc3cc(O)ccc32)c(Br)cc1OCc1ccc(C(=O)O)cc1. The number of fused-ring (bicyclic) bond motifs is 1. The molecule has 1 heterocycles. The highest BCUT2D eigenvalue weighted by molar-refractivity contribution is 9.10. The van der Waals surface area contributed by atoms with Crippen LogP contribution < -0.4 is 19.9 Å². The average molecular weight is 537 g/mol. The zero-order valence-corrected chi connectivity index (χ0v) is 20.2. The summed E-state index contributed by atoms with van der Waals surface area (Å²) in [5, 5.41) is 28.8. The average Bonchev–Trinajstić information content (AvgIpc) is 2.83. The number of allylic oxidation sites excluding steroid dienone is 1. The molecule has 3 aromatic rings. The lowest BCUT2D eigenvalue weighted by Gasteiger charge is -2.28. The van der Waals surface area contributed by atoms with Gasteiger partial charge in [-0.3, -0.25) is 0 Å². The zero-order chi connectivity index (χ0) is 25.1. The Morgan fingerprint density at radius 3 is 2.49 bits per heavy atom. The number of aromatic carboxylic acids is 1. The summed E-state index contributed by atoms with van der Waals surface area (Å²) in [4.78, 5) is 11.1. The van der Waals surface area contributed by atoms with E-state index in [2.05, 4.69) is 22.0 Å². The fourth-order valence-corrected chi connectivity index (χ4v) is 4.37.